The zero-order valence-electron chi connectivity index (χ0n) is 83.6. The lowest BCUT2D eigenvalue weighted by Crippen LogP contribution is -2.78. The van der Waals surface area contributed by atoms with Gasteiger partial charge in [0.25, 0.3) is 6.71 Å². The summed E-state index contributed by atoms with van der Waals surface area (Å²) in [6.45, 7) is 19.9. The largest absolute Gasteiger partial charge is 0.458 e. The van der Waals surface area contributed by atoms with Crippen LogP contribution in [0.15, 0.2) is 461 Å². The average Bonchev–Trinajstić information content (AvgIpc) is 1.22. The van der Waals surface area contributed by atoms with E-state index in [0.717, 1.165) is 111 Å². The molecule has 0 N–H and O–H groups in total. The van der Waals surface area contributed by atoms with E-state index in [4.69, 9.17) is 4.74 Å². The molecule has 0 bridgehead atoms. The lowest BCUT2D eigenvalue weighted by molar-refractivity contribution is 0.487. The number of anilines is 3. The minimum Gasteiger partial charge on any atom is -0.458 e. The summed E-state index contributed by atoms with van der Waals surface area (Å²) in [5, 5.41) is 9.49. The van der Waals surface area contributed by atoms with Gasteiger partial charge in [-0.3, -0.25) is 0 Å². The van der Waals surface area contributed by atoms with E-state index >= 15 is 0 Å². The molecule has 0 saturated heterocycles. The zero-order chi connectivity index (χ0) is 96.6. The monoisotopic (exact) mass is 1730 g/mol. The quantitative estimate of drug-likeness (QED) is 0.0668. The Bertz CT molecular complexity index is 7990. The Morgan fingerprint density at radius 1 is 0.242 bits per heavy atom. The van der Waals surface area contributed by atoms with Gasteiger partial charge in [0.15, 0.2) is 16.1 Å². The van der Waals surface area contributed by atoms with Gasteiger partial charge in [0.05, 0.1) is 27.7 Å². The highest BCUT2D eigenvalue weighted by atomic mass is 28.3. The topological polar surface area (TPSA) is 17.4 Å². The van der Waals surface area contributed by atoms with Crippen LogP contribution in [0.25, 0.3) is 105 Å². The zero-order valence-corrected chi connectivity index (χ0v) is 77.6. The van der Waals surface area contributed by atoms with Gasteiger partial charge >= 0.3 is 0 Å². The predicted molar refractivity (Wildman–Crippen MR) is 568 cm³/mol. The summed E-state index contributed by atoms with van der Waals surface area (Å²) in [4.78, 5) is 2.34. The molecule has 3 heterocycles. The van der Waals surface area contributed by atoms with Crippen molar-refractivity contribution in [2.45, 2.75) is 78.6 Å². The highest BCUT2D eigenvalue weighted by Gasteiger charge is 2.48. The molecule has 0 saturated carbocycles. The predicted octanol–water partition coefficient (Wildman–Crippen LogP) is 25.5. The molecule has 22 rings (SSSR count). The van der Waals surface area contributed by atoms with Gasteiger partial charge in [-0.25, -0.2) is 0 Å². The van der Waals surface area contributed by atoms with E-state index in [1.807, 2.05) is 18.2 Å². The highest BCUT2D eigenvalue weighted by Crippen LogP contribution is 2.48. The second kappa shape index (κ2) is 33.2. The molecular formula is C126H103BN2OSi2. The molecule has 0 fully saturated rings. The van der Waals surface area contributed by atoms with Gasteiger partial charge < -0.3 is 14.2 Å². The van der Waals surface area contributed by atoms with Crippen LogP contribution in [0.5, 0.6) is 11.5 Å². The van der Waals surface area contributed by atoms with Crippen molar-refractivity contribution in [1.29, 1.82) is 0 Å². The molecule has 0 unspecified atom stereocenters. The molecule has 19 aromatic carbocycles. The number of fused-ring (bicyclic) bond motifs is 7. The van der Waals surface area contributed by atoms with E-state index in [1.165, 1.54) is 53.0 Å². The molecule has 0 amide bonds. The van der Waals surface area contributed by atoms with Crippen LogP contribution in [0, 0.1) is 0 Å². The van der Waals surface area contributed by atoms with Crippen LogP contribution >= 0.6 is 0 Å². The molecule has 0 atom stereocenters. The standard InChI is InChI=1S/C126H103BN2OSi2/c1-124(2,3)100-50-38-48-90(70-100)91-49-39-59-109(75-91)131(105-51-26-14-27-52-105,106-53-28-15-29-54-106)111-78-99(79-112(85-111)132(107-55-30-16-31-56-107,108-57-32-17-33-58-108)110-76-96(88-44-22-12-23-45-88)69-97(77-110)89-46-24-13-25-47-89)93-65-67-116-121(81-93)130-122-84-104(128-117-62-36-34-60-113(117)114-61-35-37-63-118(114)128)83-120-123(122)127(116)115-66-64-92(98-71-101(125(4,5)6)82-102(72-98)126(7,8)9)80-119(115)129(120)103-73-94(86-40-18-10-19-41-86)68-95(74-103)87-42-20-11-21-43-87/h10-85H,1-9H3/i34D,35D,36D,37D,60D,61D,62D,63D. The van der Waals surface area contributed by atoms with E-state index in [9.17, 15) is 11.0 Å². The normalized spacial score (nSPS) is 13.5. The molecular weight excluding hydrogens is 1620 g/mol. The Labute approximate surface area is 790 Å². The number of ether oxygens (including phenoxy) is 1. The Morgan fingerprint density at radius 3 is 1.05 bits per heavy atom. The molecule has 6 heteroatoms. The van der Waals surface area contributed by atoms with Gasteiger partial charge in [0.2, 0.25) is 0 Å². The van der Waals surface area contributed by atoms with Crippen molar-refractivity contribution in [1.82, 2.24) is 4.57 Å². The van der Waals surface area contributed by atoms with Gasteiger partial charge in [0.1, 0.15) is 11.5 Å². The minimum atomic E-state index is -3.77. The third-order valence-electron chi connectivity index (χ3n) is 27.3. The lowest BCUT2D eigenvalue weighted by Gasteiger charge is -2.41. The fraction of sp³-hybridized carbons (Fsp3) is 0.0952. The van der Waals surface area contributed by atoms with E-state index in [-0.39, 0.29) is 38.1 Å². The summed E-state index contributed by atoms with van der Waals surface area (Å²) >= 11 is 0. The van der Waals surface area contributed by atoms with Crippen molar-refractivity contribution in [3.05, 3.63) is 478 Å². The van der Waals surface area contributed by atoms with E-state index < -0.39 is 71.2 Å². The first-order valence-corrected chi connectivity index (χ1v) is 49.9. The average molecular weight is 1740 g/mol. The summed E-state index contributed by atoms with van der Waals surface area (Å²) < 4.78 is 87.2. The number of para-hydroxylation sites is 2. The van der Waals surface area contributed by atoms with Crippen LogP contribution in [-0.4, -0.2) is 27.4 Å². The van der Waals surface area contributed by atoms with Gasteiger partial charge in [-0.2, -0.15) is 0 Å². The van der Waals surface area contributed by atoms with Gasteiger partial charge in [0, 0.05) is 33.9 Å². The molecule has 20 aromatic rings. The van der Waals surface area contributed by atoms with Crippen LogP contribution in [0.2, 0.25) is 0 Å². The third kappa shape index (κ3) is 14.7. The fourth-order valence-corrected chi connectivity index (χ4v) is 30.5. The van der Waals surface area contributed by atoms with E-state index in [0.29, 0.717) is 22.9 Å². The van der Waals surface area contributed by atoms with Crippen LogP contribution < -0.4 is 67.5 Å². The maximum atomic E-state index is 10.1. The summed E-state index contributed by atoms with van der Waals surface area (Å²) in [5.74, 6) is 1.01. The maximum Gasteiger partial charge on any atom is 0.256 e. The van der Waals surface area contributed by atoms with Crippen LogP contribution in [0.3, 0.4) is 0 Å². The molecule has 132 heavy (non-hydrogen) atoms. The molecule has 3 nitrogen and oxygen atoms in total. The number of benzene rings is 19. The van der Waals surface area contributed by atoms with Crippen molar-refractivity contribution in [2.24, 2.45) is 0 Å². The van der Waals surface area contributed by atoms with Gasteiger partial charge in [-0.15, -0.1) is 0 Å². The number of nitrogens with zero attached hydrogens (tertiary/aromatic N) is 2. The Balaban J connectivity index is 0.876. The maximum absolute atomic E-state index is 10.1. The first kappa shape index (κ1) is 73.9. The number of rotatable bonds is 17. The van der Waals surface area contributed by atoms with Crippen LogP contribution in [-0.2, 0) is 16.2 Å². The summed E-state index contributed by atoms with van der Waals surface area (Å²) in [7, 11) is -7.47. The van der Waals surface area contributed by atoms with Crippen molar-refractivity contribution >= 4 is 120 Å². The summed E-state index contributed by atoms with van der Waals surface area (Å²) in [6.07, 6.45) is 0. The van der Waals surface area contributed by atoms with Gasteiger partial charge in [-0.1, -0.05) is 463 Å². The van der Waals surface area contributed by atoms with Crippen LogP contribution in [0.4, 0.5) is 17.1 Å². The molecule has 0 spiro atoms. The van der Waals surface area contributed by atoms with Crippen molar-refractivity contribution in [3.63, 3.8) is 0 Å². The van der Waals surface area contributed by atoms with Crippen molar-refractivity contribution in [2.75, 3.05) is 4.90 Å². The molecule has 2 aliphatic rings. The molecule has 2 aliphatic heterocycles. The molecule has 0 aliphatic carbocycles. The van der Waals surface area contributed by atoms with Crippen LogP contribution in [0.1, 0.15) is 90.0 Å². The molecule has 634 valence electrons. The highest BCUT2D eigenvalue weighted by molar-refractivity contribution is 7.22. The Kier molecular flexibility index (Phi) is 18.6. The van der Waals surface area contributed by atoms with Crippen molar-refractivity contribution in [3.8, 4) is 95.1 Å². The Morgan fingerprint density at radius 2 is 0.591 bits per heavy atom. The number of aromatic nitrogens is 1. The molecule has 1 aromatic heterocycles. The summed E-state index contributed by atoms with van der Waals surface area (Å²) in [6, 6.07) is 149. The smallest absolute Gasteiger partial charge is 0.256 e. The first-order valence-electron chi connectivity index (χ1n) is 49.9. The SMILES string of the molecule is [2H]c1c([2H])c([2H])c2c(c1[2H])c1c([2H])c([2H])c([2H])c([2H])c1n2-c1cc2c3c(c1)N(c1cc(-c4ccccc4)cc(-c4ccccc4)c1)c1cc(-c4cc(C(C)(C)C)cc(C(C)(C)C)c4)ccc1B3c1ccc(-c3cc([Si](c4ccccc4)(c4ccccc4)c4cccc(-c5cccc(C(C)(C)C)c5)c4)cc([Si](c4ccccc4)(c4ccccc4)c4cc(-c5ccccc5)cc(-c5ccccc5)c4)c3)cc1O2. The van der Waals surface area contributed by atoms with Crippen molar-refractivity contribution < 1.29 is 15.7 Å². The minimum absolute atomic E-state index is 0.00689. The second-order valence-corrected chi connectivity index (χ2v) is 46.2. The Hall–Kier alpha value is -14.9. The third-order valence-corrected chi connectivity index (χ3v) is 36.8. The first-order chi connectivity index (χ1) is 67.6. The number of hydrogen-bond acceptors (Lipinski definition) is 2. The van der Waals surface area contributed by atoms with E-state index in [1.54, 1.807) is 4.57 Å². The summed E-state index contributed by atoms with van der Waals surface area (Å²) in [5.41, 5.74) is 23.0. The van der Waals surface area contributed by atoms with E-state index in [2.05, 4.69) is 462 Å². The second-order valence-electron chi connectivity index (χ2n) is 38.6. The fourth-order valence-electron chi connectivity index (χ4n) is 20.7. The molecule has 0 radical (unpaired) electrons. The van der Waals surface area contributed by atoms with Gasteiger partial charge in [-0.05, 0) is 223 Å². The lowest BCUT2D eigenvalue weighted by atomic mass is 9.34. The number of hydrogen-bond donors (Lipinski definition) is 0.